The van der Waals surface area contributed by atoms with Crippen molar-refractivity contribution in [3.63, 3.8) is 0 Å². The lowest BCUT2D eigenvalue weighted by molar-refractivity contribution is -0.118. The summed E-state index contributed by atoms with van der Waals surface area (Å²) in [5.74, 6) is 0.188. The van der Waals surface area contributed by atoms with E-state index in [4.69, 9.17) is 4.74 Å². The van der Waals surface area contributed by atoms with Crippen molar-refractivity contribution in [1.29, 1.82) is 0 Å². The van der Waals surface area contributed by atoms with Crippen molar-refractivity contribution in [2.45, 2.75) is 45.1 Å². The highest BCUT2D eigenvalue weighted by molar-refractivity contribution is 6.04. The van der Waals surface area contributed by atoms with Gasteiger partial charge in [-0.25, -0.2) is 0 Å². The lowest BCUT2D eigenvalue weighted by atomic mass is 9.97. The summed E-state index contributed by atoms with van der Waals surface area (Å²) in [4.78, 5) is 36.9. The van der Waals surface area contributed by atoms with Crippen LogP contribution in [0.4, 0.5) is 5.69 Å². The Hall–Kier alpha value is -3.15. The van der Waals surface area contributed by atoms with Gasteiger partial charge in [-0.2, -0.15) is 0 Å². The fourth-order valence-corrected chi connectivity index (χ4v) is 3.80. The predicted octanol–water partition coefficient (Wildman–Crippen LogP) is 3.59. The van der Waals surface area contributed by atoms with Crippen LogP contribution in [0.3, 0.4) is 0 Å². The van der Waals surface area contributed by atoms with Crippen LogP contribution >= 0.6 is 0 Å². The molecule has 1 atom stereocenters. The van der Waals surface area contributed by atoms with Crippen molar-refractivity contribution >= 4 is 23.3 Å². The Balaban J connectivity index is 1.40. The van der Waals surface area contributed by atoms with Gasteiger partial charge < -0.3 is 15.4 Å². The number of carbonyl (C=O) groups excluding carboxylic acids is 3. The summed E-state index contributed by atoms with van der Waals surface area (Å²) in [5, 5.41) is 5.67. The van der Waals surface area contributed by atoms with Crippen molar-refractivity contribution in [2.75, 3.05) is 11.9 Å². The van der Waals surface area contributed by atoms with Crippen molar-refractivity contribution in [2.24, 2.45) is 0 Å². The Morgan fingerprint density at radius 1 is 1.17 bits per heavy atom. The topological polar surface area (TPSA) is 84.5 Å². The minimum atomic E-state index is -0.349. The standard InChI is InChI=1S/C23H24N2O4/c1-13-6-9-19(22-18(26)10-14(2)21(13)22)29-12-20(27)24-17-5-3-4-15(11-17)23(28)25-16-7-8-16/h3-6,9,11,14,16H,7-8,10,12H2,1-2H3,(H,24,27)(H,25,28). The molecule has 0 heterocycles. The summed E-state index contributed by atoms with van der Waals surface area (Å²) in [5.41, 5.74) is 3.72. The molecule has 0 bridgehead atoms. The first-order valence-electron chi connectivity index (χ1n) is 9.92. The number of hydrogen-bond acceptors (Lipinski definition) is 4. The molecule has 6 nitrogen and oxygen atoms in total. The van der Waals surface area contributed by atoms with Gasteiger partial charge >= 0.3 is 0 Å². The third-order valence-corrected chi connectivity index (χ3v) is 5.37. The normalized spacial score (nSPS) is 17.6. The van der Waals surface area contributed by atoms with Crippen LogP contribution in [0.15, 0.2) is 36.4 Å². The van der Waals surface area contributed by atoms with Crippen LogP contribution in [-0.2, 0) is 4.79 Å². The van der Waals surface area contributed by atoms with E-state index in [9.17, 15) is 14.4 Å². The quantitative estimate of drug-likeness (QED) is 0.787. The summed E-state index contributed by atoms with van der Waals surface area (Å²) < 4.78 is 5.68. The fraction of sp³-hybridized carbons (Fsp3) is 0.348. The molecule has 1 saturated carbocycles. The lowest BCUT2D eigenvalue weighted by Gasteiger charge is -2.13. The van der Waals surface area contributed by atoms with Gasteiger partial charge in [-0.1, -0.05) is 19.1 Å². The molecule has 1 fully saturated rings. The zero-order valence-electron chi connectivity index (χ0n) is 16.6. The third-order valence-electron chi connectivity index (χ3n) is 5.37. The number of rotatable bonds is 6. The molecule has 2 amide bonds. The van der Waals surface area contributed by atoms with Crippen molar-refractivity contribution in [1.82, 2.24) is 5.32 Å². The number of ketones is 1. The molecule has 6 heteroatoms. The minimum absolute atomic E-state index is 0.0565. The zero-order chi connectivity index (χ0) is 20.5. The van der Waals surface area contributed by atoms with Gasteiger partial charge in [0.05, 0.1) is 5.56 Å². The molecular formula is C23H24N2O4. The Bertz CT molecular complexity index is 994. The van der Waals surface area contributed by atoms with Crippen molar-refractivity contribution in [3.8, 4) is 5.75 Å². The van der Waals surface area contributed by atoms with Gasteiger partial charge in [-0.3, -0.25) is 14.4 Å². The minimum Gasteiger partial charge on any atom is -0.483 e. The summed E-state index contributed by atoms with van der Waals surface area (Å²) in [7, 11) is 0. The van der Waals surface area contributed by atoms with Gasteiger partial charge in [0.2, 0.25) is 0 Å². The van der Waals surface area contributed by atoms with E-state index in [1.807, 2.05) is 19.9 Å². The molecule has 2 aliphatic carbocycles. The summed E-state index contributed by atoms with van der Waals surface area (Å²) in [6, 6.07) is 10.8. The maximum atomic E-state index is 12.3. The first kappa shape index (κ1) is 19.2. The van der Waals surface area contributed by atoms with Gasteiger partial charge in [0.1, 0.15) is 5.75 Å². The van der Waals surface area contributed by atoms with Gasteiger partial charge in [0.25, 0.3) is 11.8 Å². The largest absolute Gasteiger partial charge is 0.483 e. The number of fused-ring (bicyclic) bond motifs is 1. The second kappa shape index (κ2) is 7.70. The van der Waals surface area contributed by atoms with Crippen LogP contribution < -0.4 is 15.4 Å². The molecule has 2 aliphatic rings. The van der Waals surface area contributed by atoms with Crippen LogP contribution in [-0.4, -0.2) is 30.2 Å². The molecular weight excluding hydrogens is 368 g/mol. The van der Waals surface area contributed by atoms with Crippen molar-refractivity contribution in [3.05, 3.63) is 58.7 Å². The van der Waals surface area contributed by atoms with Crippen LogP contribution in [0, 0.1) is 6.92 Å². The fourth-order valence-electron chi connectivity index (χ4n) is 3.80. The average molecular weight is 392 g/mol. The number of hydrogen-bond donors (Lipinski definition) is 2. The van der Waals surface area contributed by atoms with E-state index in [1.54, 1.807) is 30.3 Å². The molecule has 0 spiro atoms. The molecule has 2 aromatic carbocycles. The van der Waals surface area contributed by atoms with Crippen LogP contribution in [0.2, 0.25) is 0 Å². The second-order valence-electron chi connectivity index (χ2n) is 7.86. The second-order valence-corrected chi connectivity index (χ2v) is 7.86. The van der Waals surface area contributed by atoms with Gasteiger partial charge in [0.15, 0.2) is 12.4 Å². The zero-order valence-corrected chi connectivity index (χ0v) is 16.6. The molecule has 4 rings (SSSR count). The predicted molar refractivity (Wildman–Crippen MR) is 110 cm³/mol. The Labute approximate surface area is 169 Å². The monoisotopic (exact) mass is 392 g/mol. The summed E-state index contributed by atoms with van der Waals surface area (Å²) in [6.07, 6.45) is 2.51. The number of aryl methyl sites for hydroxylation is 1. The maximum Gasteiger partial charge on any atom is 0.262 e. The van der Waals surface area contributed by atoms with E-state index in [2.05, 4.69) is 10.6 Å². The Kier molecular flexibility index (Phi) is 5.09. The van der Waals surface area contributed by atoms with Gasteiger partial charge in [-0.05, 0) is 61.1 Å². The Morgan fingerprint density at radius 3 is 2.72 bits per heavy atom. The van der Waals surface area contributed by atoms with E-state index < -0.39 is 0 Å². The number of Topliss-reactive ketones (excluding diaryl/α,β-unsaturated/α-hetero) is 1. The summed E-state index contributed by atoms with van der Waals surface area (Å²) in [6.45, 7) is 3.80. The number of amides is 2. The molecule has 0 aromatic heterocycles. The number of anilines is 1. The maximum absolute atomic E-state index is 12.3. The molecule has 0 saturated heterocycles. The summed E-state index contributed by atoms with van der Waals surface area (Å²) >= 11 is 0. The molecule has 0 aliphatic heterocycles. The number of ether oxygens (including phenoxy) is 1. The lowest BCUT2D eigenvalue weighted by Crippen LogP contribution is -2.25. The molecule has 2 N–H and O–H groups in total. The van der Waals surface area contributed by atoms with E-state index in [-0.39, 0.29) is 36.2 Å². The molecule has 1 unspecified atom stereocenters. The Morgan fingerprint density at radius 2 is 1.97 bits per heavy atom. The van der Waals surface area contributed by atoms with Crippen LogP contribution in [0.5, 0.6) is 5.75 Å². The number of benzene rings is 2. The van der Waals surface area contributed by atoms with Crippen LogP contribution in [0.25, 0.3) is 0 Å². The molecule has 2 aromatic rings. The first-order chi connectivity index (χ1) is 13.9. The first-order valence-corrected chi connectivity index (χ1v) is 9.92. The van der Waals surface area contributed by atoms with Gasteiger partial charge in [0, 0.05) is 23.7 Å². The van der Waals surface area contributed by atoms with E-state index in [0.29, 0.717) is 29.0 Å². The molecule has 0 radical (unpaired) electrons. The molecule has 29 heavy (non-hydrogen) atoms. The highest BCUT2D eigenvalue weighted by Gasteiger charge is 2.31. The highest BCUT2D eigenvalue weighted by Crippen LogP contribution is 2.40. The SMILES string of the molecule is Cc1ccc(OCC(=O)Nc2cccc(C(=O)NC3CC3)c2)c2c1C(C)CC2=O. The smallest absolute Gasteiger partial charge is 0.262 e. The van der Waals surface area contributed by atoms with Crippen molar-refractivity contribution < 1.29 is 19.1 Å². The van der Waals surface area contributed by atoms with Gasteiger partial charge in [-0.15, -0.1) is 0 Å². The van der Waals surface area contributed by atoms with Crippen LogP contribution in [0.1, 0.15) is 63.9 Å². The number of nitrogens with one attached hydrogen (secondary N) is 2. The third kappa shape index (κ3) is 4.16. The highest BCUT2D eigenvalue weighted by atomic mass is 16.5. The van der Waals surface area contributed by atoms with E-state index >= 15 is 0 Å². The number of carbonyl (C=O) groups is 3. The average Bonchev–Trinajstić information content (AvgIpc) is 3.45. The van der Waals surface area contributed by atoms with E-state index in [0.717, 1.165) is 24.0 Å². The van der Waals surface area contributed by atoms with E-state index in [1.165, 1.54) is 0 Å². The molecule has 150 valence electrons.